The number of benzene rings is 1. The van der Waals surface area contributed by atoms with Crippen LogP contribution in [-0.4, -0.2) is 54.1 Å². The van der Waals surface area contributed by atoms with E-state index in [1.54, 1.807) is 4.90 Å². The third kappa shape index (κ3) is 5.12. The smallest absolute Gasteiger partial charge is 0.338 e. The first-order chi connectivity index (χ1) is 14.9. The Balaban J connectivity index is 2.07. The van der Waals surface area contributed by atoms with Gasteiger partial charge in [0.1, 0.15) is 0 Å². The molecule has 1 fully saturated rings. The van der Waals surface area contributed by atoms with Gasteiger partial charge in [0, 0.05) is 24.8 Å². The van der Waals surface area contributed by atoms with Crippen LogP contribution in [0, 0.1) is 0 Å². The molecule has 170 valence electrons. The summed E-state index contributed by atoms with van der Waals surface area (Å²) in [6.45, 7) is 12.7. The summed E-state index contributed by atoms with van der Waals surface area (Å²) in [5, 5.41) is 3.06. The molecule has 2 unspecified atom stereocenters. The molecule has 3 rings (SSSR count). The Kier molecular flexibility index (Phi) is 7.76. The van der Waals surface area contributed by atoms with Crippen molar-refractivity contribution in [2.24, 2.45) is 0 Å². The highest BCUT2D eigenvalue weighted by atomic mass is 16.5. The molecule has 31 heavy (non-hydrogen) atoms. The summed E-state index contributed by atoms with van der Waals surface area (Å²) in [6.07, 6.45) is 3.51. The predicted octanol–water partition coefficient (Wildman–Crippen LogP) is 4.59. The van der Waals surface area contributed by atoms with E-state index in [0.29, 0.717) is 37.2 Å². The van der Waals surface area contributed by atoms with Crippen LogP contribution in [0.15, 0.2) is 35.5 Å². The van der Waals surface area contributed by atoms with E-state index in [9.17, 15) is 9.59 Å². The van der Waals surface area contributed by atoms with E-state index in [2.05, 4.69) is 43.1 Å². The van der Waals surface area contributed by atoms with E-state index in [4.69, 9.17) is 4.74 Å². The summed E-state index contributed by atoms with van der Waals surface area (Å²) in [6, 6.07) is 7.95. The van der Waals surface area contributed by atoms with Crippen LogP contribution in [-0.2, 0) is 9.53 Å². The minimum atomic E-state index is -0.509. The first kappa shape index (κ1) is 23.3. The molecule has 1 aromatic carbocycles. The number of rotatable bonds is 7. The fraction of sp³-hybridized carbons (Fsp3) is 0.600. The quantitative estimate of drug-likeness (QED) is 0.647. The number of carbonyl (C=O) groups excluding carboxylic acids is 2. The molecule has 0 saturated carbocycles. The molecule has 0 bridgehead atoms. The lowest BCUT2D eigenvalue weighted by Crippen LogP contribution is -2.52. The molecule has 1 aromatic rings. The largest absolute Gasteiger partial charge is 0.463 e. The van der Waals surface area contributed by atoms with Gasteiger partial charge in [0.05, 0.1) is 18.2 Å². The van der Waals surface area contributed by atoms with Crippen LogP contribution in [0.2, 0.25) is 0 Å². The van der Waals surface area contributed by atoms with Crippen LogP contribution < -0.4 is 5.32 Å². The second-order valence-corrected chi connectivity index (χ2v) is 8.84. The maximum Gasteiger partial charge on any atom is 0.338 e. The molecule has 0 spiro atoms. The molecule has 2 aliphatic rings. The summed E-state index contributed by atoms with van der Waals surface area (Å²) in [7, 11) is 0. The van der Waals surface area contributed by atoms with Crippen molar-refractivity contribution in [1.29, 1.82) is 0 Å². The number of nitrogens with zero attached hydrogens (tertiary/aromatic N) is 2. The Labute approximate surface area is 186 Å². The molecule has 2 amide bonds. The fourth-order valence-electron chi connectivity index (χ4n) is 4.57. The van der Waals surface area contributed by atoms with Crippen molar-refractivity contribution in [3.63, 3.8) is 0 Å². The van der Waals surface area contributed by atoms with Crippen LogP contribution in [0.25, 0.3) is 0 Å². The number of likely N-dealkylation sites (N-methyl/N-ethyl adjacent to an activating group) is 1. The summed E-state index contributed by atoms with van der Waals surface area (Å²) >= 11 is 0. The average Bonchev–Trinajstić information content (AvgIpc) is 2.75. The third-order valence-corrected chi connectivity index (χ3v) is 6.48. The third-order valence-electron chi connectivity index (χ3n) is 6.48. The van der Waals surface area contributed by atoms with Crippen LogP contribution in [0.3, 0.4) is 0 Å². The van der Waals surface area contributed by atoms with Crippen molar-refractivity contribution in [3.8, 4) is 0 Å². The fourth-order valence-corrected chi connectivity index (χ4v) is 4.57. The van der Waals surface area contributed by atoms with Crippen molar-refractivity contribution < 1.29 is 14.3 Å². The number of nitrogens with one attached hydrogen (secondary N) is 1. The second kappa shape index (κ2) is 10.3. The summed E-state index contributed by atoms with van der Waals surface area (Å²) in [4.78, 5) is 30.3. The number of hydrogen-bond acceptors (Lipinski definition) is 4. The Hall–Kier alpha value is -2.34. The molecule has 2 atom stereocenters. The van der Waals surface area contributed by atoms with Gasteiger partial charge in [-0.2, -0.15) is 0 Å². The molecule has 2 aliphatic heterocycles. The van der Waals surface area contributed by atoms with Gasteiger partial charge in [-0.1, -0.05) is 44.5 Å². The Bertz CT molecular complexity index is 816. The van der Waals surface area contributed by atoms with Crippen LogP contribution in [0.4, 0.5) is 4.79 Å². The number of piperidine rings is 1. The lowest BCUT2D eigenvalue weighted by atomic mass is 9.91. The Morgan fingerprint density at radius 2 is 1.90 bits per heavy atom. The SMILES string of the molecule is CCOC(=O)C1=C(CN2CCCCC2C)N(CC)C(=O)NC1c1ccc(C(C)C)cc1. The molecule has 2 heterocycles. The molecule has 0 aliphatic carbocycles. The molecule has 6 heteroatoms. The topological polar surface area (TPSA) is 61.9 Å². The minimum Gasteiger partial charge on any atom is -0.463 e. The molecular formula is C25H37N3O3. The van der Waals surface area contributed by atoms with Crippen LogP contribution >= 0.6 is 0 Å². The number of urea groups is 1. The van der Waals surface area contributed by atoms with Crippen molar-refractivity contribution >= 4 is 12.0 Å². The highest BCUT2D eigenvalue weighted by Gasteiger charge is 2.38. The van der Waals surface area contributed by atoms with Gasteiger partial charge in [0.2, 0.25) is 0 Å². The minimum absolute atomic E-state index is 0.159. The van der Waals surface area contributed by atoms with Crippen molar-refractivity contribution in [3.05, 3.63) is 46.7 Å². The van der Waals surface area contributed by atoms with Gasteiger partial charge < -0.3 is 10.1 Å². The van der Waals surface area contributed by atoms with Gasteiger partial charge >= 0.3 is 12.0 Å². The van der Waals surface area contributed by atoms with Gasteiger partial charge in [0.25, 0.3) is 0 Å². The second-order valence-electron chi connectivity index (χ2n) is 8.84. The molecule has 1 saturated heterocycles. The van der Waals surface area contributed by atoms with Gasteiger partial charge in [-0.05, 0) is 57.2 Å². The van der Waals surface area contributed by atoms with Crippen molar-refractivity contribution in [2.75, 3.05) is 26.2 Å². The highest BCUT2D eigenvalue weighted by molar-refractivity contribution is 5.95. The lowest BCUT2D eigenvalue weighted by Gasteiger charge is -2.40. The predicted molar refractivity (Wildman–Crippen MR) is 123 cm³/mol. The Morgan fingerprint density at radius 1 is 1.19 bits per heavy atom. The standard InChI is InChI=1S/C25H37N3O3/c1-6-28-21(16-27-15-9-8-10-18(27)5)22(24(29)31-7-2)23(26-25(28)30)20-13-11-19(12-14-20)17(3)4/h11-14,17-18,23H,6-10,15-16H2,1-5H3,(H,26,30). The molecule has 0 radical (unpaired) electrons. The van der Waals surface area contributed by atoms with Crippen LogP contribution in [0.5, 0.6) is 0 Å². The maximum atomic E-state index is 13.2. The van der Waals surface area contributed by atoms with Crippen molar-refractivity contribution in [1.82, 2.24) is 15.1 Å². The lowest BCUT2D eigenvalue weighted by molar-refractivity contribution is -0.139. The Morgan fingerprint density at radius 3 is 2.48 bits per heavy atom. The monoisotopic (exact) mass is 427 g/mol. The molecule has 1 N–H and O–H groups in total. The number of hydrogen-bond donors (Lipinski definition) is 1. The highest BCUT2D eigenvalue weighted by Crippen LogP contribution is 2.33. The van der Waals surface area contributed by atoms with Gasteiger partial charge in [-0.3, -0.25) is 9.80 Å². The first-order valence-electron chi connectivity index (χ1n) is 11.7. The van der Waals surface area contributed by atoms with E-state index in [-0.39, 0.29) is 12.0 Å². The maximum absolute atomic E-state index is 13.2. The number of esters is 1. The first-order valence-corrected chi connectivity index (χ1v) is 11.7. The van der Waals surface area contributed by atoms with E-state index in [0.717, 1.165) is 30.6 Å². The van der Waals surface area contributed by atoms with E-state index in [1.807, 2.05) is 26.0 Å². The summed E-state index contributed by atoms with van der Waals surface area (Å²) in [5.41, 5.74) is 3.46. The number of ether oxygens (including phenoxy) is 1. The summed E-state index contributed by atoms with van der Waals surface area (Å²) in [5.74, 6) is 0.0698. The zero-order valence-electron chi connectivity index (χ0n) is 19.6. The summed E-state index contributed by atoms with van der Waals surface area (Å²) < 4.78 is 5.48. The number of carbonyl (C=O) groups is 2. The van der Waals surface area contributed by atoms with Gasteiger partial charge in [0.15, 0.2) is 0 Å². The number of amides is 2. The average molecular weight is 428 g/mol. The molecule has 0 aromatic heterocycles. The zero-order chi connectivity index (χ0) is 22.5. The zero-order valence-corrected chi connectivity index (χ0v) is 19.6. The van der Waals surface area contributed by atoms with E-state index < -0.39 is 6.04 Å². The molecular weight excluding hydrogens is 390 g/mol. The van der Waals surface area contributed by atoms with Gasteiger partial charge in [-0.15, -0.1) is 0 Å². The van der Waals surface area contributed by atoms with E-state index in [1.165, 1.54) is 12.0 Å². The van der Waals surface area contributed by atoms with Crippen molar-refractivity contribution in [2.45, 2.75) is 71.9 Å². The van der Waals surface area contributed by atoms with Crippen LogP contribution in [0.1, 0.15) is 77.0 Å². The van der Waals surface area contributed by atoms with E-state index >= 15 is 0 Å². The normalized spacial score (nSPS) is 22.6. The molecule has 6 nitrogen and oxygen atoms in total. The number of likely N-dealkylation sites (tertiary alicyclic amines) is 1. The van der Waals surface area contributed by atoms with Gasteiger partial charge in [-0.25, -0.2) is 9.59 Å².